The van der Waals surface area contributed by atoms with Crippen molar-refractivity contribution in [3.05, 3.63) is 131 Å². The minimum Gasteiger partial charge on any atom is -0.325 e. The van der Waals surface area contributed by atoms with E-state index >= 15 is 0 Å². The molecule has 6 rings (SSSR count). The van der Waals surface area contributed by atoms with Gasteiger partial charge < -0.3 is 5.32 Å². The van der Waals surface area contributed by atoms with Gasteiger partial charge in [-0.2, -0.15) is 0 Å². The SMILES string of the molecule is O=C(CSc1nc2scc(-c3ccc(-c4ccccc4)cc3)c2c(=O)n1-c1ccccc1)Nc1ccccc1. The van der Waals surface area contributed by atoms with E-state index in [2.05, 4.69) is 29.6 Å². The number of fused-ring (bicyclic) bond motifs is 1. The number of aromatic nitrogens is 2. The summed E-state index contributed by atoms with van der Waals surface area (Å²) in [4.78, 5) is 32.2. The van der Waals surface area contributed by atoms with Gasteiger partial charge in [-0.1, -0.05) is 103 Å². The fourth-order valence-corrected chi connectivity index (χ4v) is 6.21. The highest BCUT2D eigenvalue weighted by Crippen LogP contribution is 2.34. The van der Waals surface area contributed by atoms with Crippen molar-refractivity contribution in [2.75, 3.05) is 11.1 Å². The second-order valence-corrected chi connectivity index (χ2v) is 10.6. The normalized spacial score (nSPS) is 11.0. The molecular formula is C32H23N3O2S2. The Hall–Kier alpha value is -4.46. The molecule has 1 amide bonds. The second-order valence-electron chi connectivity index (χ2n) is 8.85. The number of benzene rings is 4. The Morgan fingerprint density at radius 1 is 0.769 bits per heavy atom. The number of nitrogens with one attached hydrogen (secondary N) is 1. The number of carbonyl (C=O) groups is 1. The third-order valence-electron chi connectivity index (χ3n) is 6.28. The summed E-state index contributed by atoms with van der Waals surface area (Å²) in [5.41, 5.74) is 5.36. The maximum absolute atomic E-state index is 14.0. The zero-order valence-corrected chi connectivity index (χ0v) is 22.4. The lowest BCUT2D eigenvalue weighted by Crippen LogP contribution is -2.22. The molecule has 0 fully saturated rings. The number of hydrogen-bond acceptors (Lipinski definition) is 5. The van der Waals surface area contributed by atoms with Crippen LogP contribution in [0, 0.1) is 0 Å². The molecule has 0 saturated heterocycles. The molecule has 39 heavy (non-hydrogen) atoms. The van der Waals surface area contributed by atoms with Crippen LogP contribution in [0.2, 0.25) is 0 Å². The van der Waals surface area contributed by atoms with Crippen LogP contribution in [-0.4, -0.2) is 21.2 Å². The van der Waals surface area contributed by atoms with Crippen LogP contribution in [0.3, 0.4) is 0 Å². The Labute approximate surface area is 233 Å². The number of carbonyl (C=O) groups excluding carboxylic acids is 1. The molecule has 1 N–H and O–H groups in total. The molecule has 0 aliphatic carbocycles. The van der Waals surface area contributed by atoms with Gasteiger partial charge in [0.2, 0.25) is 5.91 Å². The Morgan fingerprint density at radius 2 is 1.36 bits per heavy atom. The van der Waals surface area contributed by atoms with E-state index in [1.165, 1.54) is 23.1 Å². The van der Waals surface area contributed by atoms with Gasteiger partial charge in [0.1, 0.15) is 4.83 Å². The average molecular weight is 546 g/mol. The van der Waals surface area contributed by atoms with E-state index in [4.69, 9.17) is 4.98 Å². The second kappa shape index (κ2) is 11.1. The first-order valence-corrected chi connectivity index (χ1v) is 14.3. The van der Waals surface area contributed by atoms with Crippen molar-refractivity contribution in [3.8, 4) is 27.9 Å². The molecule has 7 heteroatoms. The Bertz CT molecular complexity index is 1800. The summed E-state index contributed by atoms with van der Waals surface area (Å²) in [5.74, 6) is -0.0377. The molecule has 2 aromatic heterocycles. The molecule has 0 saturated carbocycles. The zero-order chi connectivity index (χ0) is 26.6. The molecule has 4 aromatic carbocycles. The van der Waals surface area contributed by atoms with Crippen molar-refractivity contribution < 1.29 is 4.79 Å². The van der Waals surface area contributed by atoms with Gasteiger partial charge in [0, 0.05) is 16.6 Å². The number of nitrogens with zero attached hydrogens (tertiary/aromatic N) is 2. The van der Waals surface area contributed by atoms with Crippen molar-refractivity contribution >= 4 is 44.9 Å². The third-order valence-corrected chi connectivity index (χ3v) is 8.10. The number of rotatable bonds is 7. The van der Waals surface area contributed by atoms with Gasteiger partial charge in [0.25, 0.3) is 5.56 Å². The van der Waals surface area contributed by atoms with Gasteiger partial charge in [0.05, 0.1) is 16.8 Å². The van der Waals surface area contributed by atoms with Crippen molar-refractivity contribution in [1.29, 1.82) is 0 Å². The number of hydrogen-bond donors (Lipinski definition) is 1. The van der Waals surface area contributed by atoms with Gasteiger partial charge in [-0.05, 0) is 41.0 Å². The predicted molar refractivity (Wildman–Crippen MR) is 162 cm³/mol. The summed E-state index contributed by atoms with van der Waals surface area (Å²) in [7, 11) is 0. The van der Waals surface area contributed by atoms with Crippen LogP contribution < -0.4 is 10.9 Å². The maximum Gasteiger partial charge on any atom is 0.268 e. The minimum atomic E-state index is -0.162. The summed E-state index contributed by atoms with van der Waals surface area (Å²) in [5, 5.41) is 5.94. The van der Waals surface area contributed by atoms with Crippen LogP contribution in [0.25, 0.3) is 38.2 Å². The molecule has 0 radical (unpaired) electrons. The molecule has 0 aliphatic heterocycles. The fourth-order valence-electron chi connectivity index (χ4n) is 4.41. The first-order valence-electron chi connectivity index (χ1n) is 12.4. The topological polar surface area (TPSA) is 64.0 Å². The van der Waals surface area contributed by atoms with E-state index in [0.29, 0.717) is 21.1 Å². The number of anilines is 1. The molecule has 190 valence electrons. The molecule has 0 atom stereocenters. The maximum atomic E-state index is 14.0. The smallest absolute Gasteiger partial charge is 0.268 e. The van der Waals surface area contributed by atoms with Crippen molar-refractivity contribution in [2.45, 2.75) is 5.16 Å². The molecule has 0 bridgehead atoms. The van der Waals surface area contributed by atoms with E-state index in [0.717, 1.165) is 27.9 Å². The summed E-state index contributed by atoms with van der Waals surface area (Å²) in [6.45, 7) is 0. The highest BCUT2D eigenvalue weighted by Gasteiger charge is 2.19. The highest BCUT2D eigenvalue weighted by atomic mass is 32.2. The number of thioether (sulfide) groups is 1. The molecular weight excluding hydrogens is 523 g/mol. The van der Waals surface area contributed by atoms with Crippen LogP contribution in [0.4, 0.5) is 5.69 Å². The monoisotopic (exact) mass is 545 g/mol. The van der Waals surface area contributed by atoms with E-state index in [1.54, 1.807) is 4.57 Å². The van der Waals surface area contributed by atoms with Crippen LogP contribution >= 0.6 is 23.1 Å². The van der Waals surface area contributed by atoms with Gasteiger partial charge in [-0.15, -0.1) is 11.3 Å². The van der Waals surface area contributed by atoms with Crippen LogP contribution in [-0.2, 0) is 4.79 Å². The molecule has 0 aliphatic rings. The molecule has 2 heterocycles. The summed E-state index contributed by atoms with van der Waals surface area (Å²) in [6, 6.07) is 37.2. The number of thiophene rings is 1. The Balaban J connectivity index is 1.37. The van der Waals surface area contributed by atoms with E-state index in [1.807, 2.05) is 96.4 Å². The van der Waals surface area contributed by atoms with Crippen LogP contribution in [0.1, 0.15) is 0 Å². The van der Waals surface area contributed by atoms with E-state index < -0.39 is 0 Å². The Kier molecular flexibility index (Phi) is 7.08. The summed E-state index contributed by atoms with van der Waals surface area (Å²) < 4.78 is 1.61. The minimum absolute atomic E-state index is 0.124. The lowest BCUT2D eigenvalue weighted by Gasteiger charge is -2.13. The molecule has 5 nitrogen and oxygen atoms in total. The van der Waals surface area contributed by atoms with Gasteiger partial charge in [0.15, 0.2) is 5.16 Å². The van der Waals surface area contributed by atoms with Crippen molar-refractivity contribution in [3.63, 3.8) is 0 Å². The summed E-state index contributed by atoms with van der Waals surface area (Å²) >= 11 is 2.69. The predicted octanol–water partition coefficient (Wildman–Crippen LogP) is 7.51. The zero-order valence-electron chi connectivity index (χ0n) is 20.8. The first kappa shape index (κ1) is 24.9. The Morgan fingerprint density at radius 3 is 2.05 bits per heavy atom. The van der Waals surface area contributed by atoms with Gasteiger partial charge >= 0.3 is 0 Å². The first-order chi connectivity index (χ1) is 19.2. The van der Waals surface area contributed by atoms with Crippen molar-refractivity contribution in [2.24, 2.45) is 0 Å². The lowest BCUT2D eigenvalue weighted by atomic mass is 10.0. The number of amides is 1. The fraction of sp³-hybridized carbons (Fsp3) is 0.0312. The third kappa shape index (κ3) is 5.27. The van der Waals surface area contributed by atoms with Crippen LogP contribution in [0.15, 0.2) is 131 Å². The lowest BCUT2D eigenvalue weighted by molar-refractivity contribution is -0.113. The summed E-state index contributed by atoms with van der Waals surface area (Å²) in [6.07, 6.45) is 0. The van der Waals surface area contributed by atoms with E-state index in [9.17, 15) is 9.59 Å². The molecule has 0 unspecified atom stereocenters. The van der Waals surface area contributed by atoms with Crippen molar-refractivity contribution in [1.82, 2.24) is 9.55 Å². The quantitative estimate of drug-likeness (QED) is 0.167. The molecule has 6 aromatic rings. The van der Waals surface area contributed by atoms with Gasteiger partial charge in [-0.3, -0.25) is 14.2 Å². The number of para-hydroxylation sites is 2. The average Bonchev–Trinajstić information content (AvgIpc) is 3.42. The highest BCUT2D eigenvalue weighted by molar-refractivity contribution is 7.99. The molecule has 0 spiro atoms. The van der Waals surface area contributed by atoms with E-state index in [-0.39, 0.29) is 17.2 Å². The van der Waals surface area contributed by atoms with Gasteiger partial charge in [-0.25, -0.2) is 4.98 Å². The van der Waals surface area contributed by atoms with Crippen LogP contribution in [0.5, 0.6) is 0 Å². The standard InChI is InChI=1S/C32H23N3O2S2/c36-28(33-25-12-6-2-7-13-25)21-39-32-34-30-29(31(37)35(32)26-14-8-3-9-15-26)27(20-38-30)24-18-16-23(17-19-24)22-10-4-1-5-11-22/h1-20H,21H2,(H,33,36). The largest absolute Gasteiger partial charge is 0.325 e.